The predicted molar refractivity (Wildman–Crippen MR) is 181 cm³/mol. The number of ether oxygens (including phenoxy) is 1. The molecule has 2 atom stereocenters. The lowest BCUT2D eigenvalue weighted by Gasteiger charge is -2.18. The molecule has 0 spiro atoms. The summed E-state index contributed by atoms with van der Waals surface area (Å²) in [6.07, 6.45) is 10.8. The summed E-state index contributed by atoms with van der Waals surface area (Å²) in [7, 11) is -7.08. The number of nitrogens with two attached hydrogens (primary N) is 1. The lowest BCUT2D eigenvalue weighted by Crippen LogP contribution is -2.46. The number of nitrogen functional groups attached to an aromatic ring is 1. The van der Waals surface area contributed by atoms with Gasteiger partial charge in [0.15, 0.2) is 42.8 Å². The summed E-state index contributed by atoms with van der Waals surface area (Å²) in [5.41, 5.74) is 9.65. The van der Waals surface area contributed by atoms with E-state index in [0.29, 0.717) is 29.9 Å². The van der Waals surface area contributed by atoms with Crippen molar-refractivity contribution >= 4 is 49.6 Å². The van der Waals surface area contributed by atoms with E-state index >= 15 is 0 Å². The fraction of sp³-hybridized carbons (Fsp3) is 0.581. The molecule has 3 rings (SSSR count). The number of aromatic nitrogens is 4. The minimum Gasteiger partial charge on any atom is -0.382 e. The molecule has 2 aromatic heterocycles. The summed E-state index contributed by atoms with van der Waals surface area (Å²) in [6, 6.07) is 0. The summed E-state index contributed by atoms with van der Waals surface area (Å²) in [5.74, 6) is -4.88. The van der Waals surface area contributed by atoms with Gasteiger partial charge in [-0.2, -0.15) is 11.8 Å². The molecule has 1 aromatic carbocycles. The minimum atomic E-state index is -3.88. The van der Waals surface area contributed by atoms with Gasteiger partial charge in [0.2, 0.25) is 5.82 Å². The Morgan fingerprint density at radius 3 is 2.21 bits per heavy atom. The summed E-state index contributed by atoms with van der Waals surface area (Å²) in [5, 5.41) is -0.777. The molecule has 0 aliphatic rings. The standard InChI is InChI=1S/C31H43F5N5O4PSSi/c1-22(18-41-20-40-28-30(37)38-19-39-31(28)41)44-21-46(42,43)45-14-16-47-15-12-10-8-6-4-5-7-9-11-13-17-48(2,3)29-26(35)24(33)23(32)25(34)27(29)36/h19-20,22H,4-12,14-16,18,21H2,1-3H3,(H,42,43)(H2,37,38,39)/t22-/m1/s1. The van der Waals surface area contributed by atoms with Crippen molar-refractivity contribution < 1.29 is 40.7 Å². The Bertz CT molecular complexity index is 1590. The molecular formula is C31H43F5N5O4PSSi. The third-order valence-electron chi connectivity index (χ3n) is 7.50. The van der Waals surface area contributed by atoms with Crippen molar-refractivity contribution in [3.8, 4) is 11.5 Å². The van der Waals surface area contributed by atoms with E-state index < -0.39 is 62.4 Å². The van der Waals surface area contributed by atoms with Crippen LogP contribution < -0.4 is 10.9 Å². The predicted octanol–water partition coefficient (Wildman–Crippen LogP) is 7.07. The van der Waals surface area contributed by atoms with Gasteiger partial charge in [0, 0.05) is 17.4 Å². The Labute approximate surface area is 283 Å². The van der Waals surface area contributed by atoms with Gasteiger partial charge in [-0.1, -0.05) is 51.6 Å². The Morgan fingerprint density at radius 2 is 1.54 bits per heavy atom. The molecule has 0 aliphatic carbocycles. The molecule has 9 nitrogen and oxygen atoms in total. The van der Waals surface area contributed by atoms with Crippen molar-refractivity contribution in [3.05, 3.63) is 41.7 Å². The first kappa shape index (κ1) is 39.9. The zero-order chi connectivity index (χ0) is 35.3. The third-order valence-corrected chi connectivity index (χ3v) is 12.1. The van der Waals surface area contributed by atoms with Gasteiger partial charge in [0.05, 0.1) is 25.6 Å². The largest absolute Gasteiger partial charge is 0.382 e. The van der Waals surface area contributed by atoms with Crippen LogP contribution in [0.15, 0.2) is 12.7 Å². The number of hydrogen-bond donors (Lipinski definition) is 2. The van der Waals surface area contributed by atoms with Crippen LogP contribution in [0.25, 0.3) is 11.2 Å². The van der Waals surface area contributed by atoms with Crippen LogP contribution in [0.4, 0.5) is 27.8 Å². The van der Waals surface area contributed by atoms with Crippen molar-refractivity contribution in [2.24, 2.45) is 0 Å². The molecule has 0 bridgehead atoms. The van der Waals surface area contributed by atoms with Crippen LogP contribution in [-0.4, -0.2) is 63.1 Å². The zero-order valence-electron chi connectivity index (χ0n) is 27.4. The third kappa shape index (κ3) is 11.8. The zero-order valence-corrected chi connectivity index (χ0v) is 30.1. The normalized spacial score (nSPS) is 13.8. The highest BCUT2D eigenvalue weighted by Crippen LogP contribution is 2.42. The first-order valence-electron chi connectivity index (χ1n) is 15.8. The van der Waals surface area contributed by atoms with E-state index in [1.807, 2.05) is 0 Å². The number of rotatable bonds is 20. The maximum atomic E-state index is 14.2. The van der Waals surface area contributed by atoms with Crippen LogP contribution in [-0.2, 0) is 20.4 Å². The second-order valence-corrected chi connectivity index (χ2v) is 19.0. The second kappa shape index (κ2) is 19.0. The monoisotopic (exact) mass is 735 g/mol. The Morgan fingerprint density at radius 1 is 0.938 bits per heavy atom. The summed E-state index contributed by atoms with van der Waals surface area (Å²) < 4.78 is 93.7. The highest BCUT2D eigenvalue weighted by atomic mass is 32.2. The molecule has 0 radical (unpaired) electrons. The van der Waals surface area contributed by atoms with Gasteiger partial charge >= 0.3 is 7.60 Å². The van der Waals surface area contributed by atoms with Gasteiger partial charge in [-0.3, -0.25) is 4.57 Å². The highest BCUT2D eigenvalue weighted by molar-refractivity contribution is 7.99. The number of unbranched alkanes of at least 4 members (excludes halogenated alkanes) is 8. The maximum absolute atomic E-state index is 14.2. The average Bonchev–Trinajstić information content (AvgIpc) is 3.45. The Hall–Kier alpha value is -2.54. The molecule has 0 amide bonds. The number of benzene rings is 1. The molecular weight excluding hydrogens is 692 g/mol. The summed E-state index contributed by atoms with van der Waals surface area (Å²) in [4.78, 5) is 22.4. The van der Waals surface area contributed by atoms with Crippen LogP contribution in [0.1, 0.15) is 64.7 Å². The SMILES string of the molecule is C[C@H](Cn1cnc2c(N)ncnc21)OCP(=O)(O)OCCSCCCCCCCCCCC#C[Si](C)(C)c1c(F)c(F)c(F)c(F)c1F. The van der Waals surface area contributed by atoms with E-state index in [0.717, 1.165) is 57.1 Å². The van der Waals surface area contributed by atoms with Crippen LogP contribution in [0.3, 0.4) is 0 Å². The number of thioether (sulfide) groups is 1. The number of hydrogen-bond acceptors (Lipinski definition) is 8. The smallest absolute Gasteiger partial charge is 0.353 e. The molecule has 0 saturated carbocycles. The van der Waals surface area contributed by atoms with Crippen molar-refractivity contribution in [2.45, 2.75) is 90.5 Å². The molecule has 48 heavy (non-hydrogen) atoms. The first-order valence-corrected chi connectivity index (χ1v) is 21.8. The quantitative estimate of drug-likeness (QED) is 0.0239. The van der Waals surface area contributed by atoms with Crippen LogP contribution >= 0.6 is 19.4 Å². The number of halogens is 5. The van der Waals surface area contributed by atoms with Crippen molar-refractivity contribution in [3.63, 3.8) is 0 Å². The van der Waals surface area contributed by atoms with Crippen molar-refractivity contribution in [2.75, 3.05) is 30.2 Å². The second-order valence-electron chi connectivity index (χ2n) is 12.0. The lowest BCUT2D eigenvalue weighted by atomic mass is 10.1. The summed E-state index contributed by atoms with van der Waals surface area (Å²) in [6.45, 7) is 5.23. The number of anilines is 1. The molecule has 3 aromatic rings. The van der Waals surface area contributed by atoms with Crippen molar-refractivity contribution in [1.82, 2.24) is 19.5 Å². The van der Waals surface area contributed by atoms with Gasteiger partial charge in [0.1, 0.15) is 18.2 Å². The minimum absolute atomic E-state index is 0.152. The average molecular weight is 736 g/mol. The number of fused-ring (bicyclic) bond motifs is 1. The van der Waals surface area contributed by atoms with Gasteiger partial charge in [0.25, 0.3) is 0 Å². The molecule has 2 heterocycles. The van der Waals surface area contributed by atoms with E-state index in [1.165, 1.54) is 19.4 Å². The van der Waals surface area contributed by atoms with E-state index in [2.05, 4.69) is 26.4 Å². The van der Waals surface area contributed by atoms with Gasteiger partial charge < -0.3 is 24.5 Å². The number of imidazole rings is 1. The maximum Gasteiger partial charge on any atom is 0.353 e. The Balaban J connectivity index is 1.17. The fourth-order valence-corrected chi connectivity index (χ4v) is 8.78. The summed E-state index contributed by atoms with van der Waals surface area (Å²) >= 11 is 1.67. The molecule has 17 heteroatoms. The lowest BCUT2D eigenvalue weighted by molar-refractivity contribution is 0.0724. The molecule has 1 unspecified atom stereocenters. The Kier molecular flexibility index (Phi) is 15.8. The van der Waals surface area contributed by atoms with Crippen LogP contribution in [0.5, 0.6) is 0 Å². The van der Waals surface area contributed by atoms with Gasteiger partial charge in [-0.15, -0.1) is 11.5 Å². The molecule has 266 valence electrons. The topological polar surface area (TPSA) is 125 Å². The van der Waals surface area contributed by atoms with Crippen molar-refractivity contribution in [1.29, 1.82) is 0 Å². The molecule has 0 saturated heterocycles. The highest BCUT2D eigenvalue weighted by Gasteiger charge is 2.35. The van der Waals surface area contributed by atoms with Crippen LogP contribution in [0, 0.1) is 40.6 Å². The first-order chi connectivity index (χ1) is 22.7. The van der Waals surface area contributed by atoms with Gasteiger partial charge in [-0.05, 0) is 25.5 Å². The van der Waals surface area contributed by atoms with E-state index in [1.54, 1.807) is 29.6 Å². The van der Waals surface area contributed by atoms with E-state index in [9.17, 15) is 31.4 Å². The van der Waals surface area contributed by atoms with Gasteiger partial charge in [-0.25, -0.2) is 36.9 Å². The molecule has 3 N–H and O–H groups in total. The molecule has 0 aliphatic heterocycles. The molecule has 0 fully saturated rings. The van der Waals surface area contributed by atoms with E-state index in [-0.39, 0.29) is 12.4 Å². The fourth-order valence-electron chi connectivity index (χ4n) is 4.94. The van der Waals surface area contributed by atoms with Crippen LogP contribution in [0.2, 0.25) is 13.1 Å². The van der Waals surface area contributed by atoms with E-state index in [4.69, 9.17) is 15.0 Å². The number of nitrogens with zero attached hydrogens (tertiary/aromatic N) is 4.